The van der Waals surface area contributed by atoms with Crippen molar-refractivity contribution >= 4 is 87.5 Å². The van der Waals surface area contributed by atoms with Crippen molar-refractivity contribution in [2.45, 2.75) is 0 Å². The van der Waals surface area contributed by atoms with E-state index < -0.39 is 0 Å². The fourth-order valence-electron chi connectivity index (χ4n) is 10.3. The monoisotopic (exact) mass is 816 g/mol. The van der Waals surface area contributed by atoms with Crippen LogP contribution in [-0.2, 0) is 0 Å². The van der Waals surface area contributed by atoms with Gasteiger partial charge in [-0.25, -0.2) is 0 Å². The van der Waals surface area contributed by atoms with Gasteiger partial charge in [0, 0.05) is 54.5 Å². The van der Waals surface area contributed by atoms with Gasteiger partial charge < -0.3 is 18.0 Å². The molecule has 0 saturated carbocycles. The predicted octanol–water partition coefficient (Wildman–Crippen LogP) is 16.7. The second-order valence-electron chi connectivity index (χ2n) is 16.9. The van der Waals surface area contributed by atoms with Crippen LogP contribution in [0, 0.1) is 0 Å². The summed E-state index contributed by atoms with van der Waals surface area (Å²) in [6.45, 7) is 0. The van der Waals surface area contributed by atoms with Crippen molar-refractivity contribution in [3.05, 3.63) is 218 Å². The summed E-state index contributed by atoms with van der Waals surface area (Å²) < 4.78 is 18.0. The standard InChI is InChI=1S/C60H36N2O2/c1-3-14-43(15-4-1)61-53-20-9-7-18-45(53)49-33-39(22-28-55(49)61)37-12-11-13-38(32-37)41-24-30-57-51(35-41)47-26-27-48-52-36-42(25-31-58(52)64-60(48)59(47)63-57)40-23-29-56-50(34-40)46-19-8-10-21-54(46)62(56)44-16-5-2-6-17-44/h1-36H. The molecule has 0 amide bonds. The maximum absolute atomic E-state index is 6.63. The zero-order chi connectivity index (χ0) is 41.9. The number of nitrogens with zero attached hydrogens (tertiary/aromatic N) is 2. The number of benzene rings is 10. The van der Waals surface area contributed by atoms with E-state index in [1.165, 1.54) is 54.7 Å². The lowest BCUT2D eigenvalue weighted by atomic mass is 9.97. The lowest BCUT2D eigenvalue weighted by Gasteiger charge is -2.09. The Hall–Kier alpha value is -8.60. The van der Waals surface area contributed by atoms with Crippen LogP contribution in [0.15, 0.2) is 227 Å². The molecule has 0 unspecified atom stereocenters. The van der Waals surface area contributed by atoms with Crippen LogP contribution in [0.2, 0.25) is 0 Å². The number of fused-ring (bicyclic) bond motifs is 13. The summed E-state index contributed by atoms with van der Waals surface area (Å²) in [5, 5.41) is 9.18. The van der Waals surface area contributed by atoms with Gasteiger partial charge >= 0.3 is 0 Å². The lowest BCUT2D eigenvalue weighted by molar-refractivity contribution is 0.633. The molecule has 0 aliphatic carbocycles. The van der Waals surface area contributed by atoms with Gasteiger partial charge in [-0.1, -0.05) is 115 Å². The third-order valence-electron chi connectivity index (χ3n) is 13.3. The molecule has 298 valence electrons. The normalized spacial score (nSPS) is 12.1. The molecule has 0 bridgehead atoms. The van der Waals surface area contributed by atoms with Crippen molar-refractivity contribution in [1.82, 2.24) is 9.13 Å². The summed E-state index contributed by atoms with van der Waals surface area (Å²) in [5.74, 6) is 0. The van der Waals surface area contributed by atoms with Crippen LogP contribution >= 0.6 is 0 Å². The van der Waals surface area contributed by atoms with Crippen LogP contribution < -0.4 is 0 Å². The van der Waals surface area contributed by atoms with Crippen LogP contribution in [-0.4, -0.2) is 9.13 Å². The number of hydrogen-bond acceptors (Lipinski definition) is 2. The van der Waals surface area contributed by atoms with E-state index in [1.54, 1.807) is 0 Å². The number of rotatable bonds is 5. The summed E-state index contributed by atoms with van der Waals surface area (Å²) in [7, 11) is 0. The van der Waals surface area contributed by atoms with Crippen LogP contribution in [0.4, 0.5) is 0 Å². The van der Waals surface area contributed by atoms with Crippen molar-refractivity contribution in [1.29, 1.82) is 0 Å². The van der Waals surface area contributed by atoms with Gasteiger partial charge in [-0.05, 0) is 137 Å². The van der Waals surface area contributed by atoms with E-state index in [0.29, 0.717) is 0 Å². The lowest BCUT2D eigenvalue weighted by Crippen LogP contribution is -1.92. The summed E-state index contributed by atoms with van der Waals surface area (Å²) >= 11 is 0. The number of aromatic nitrogens is 2. The number of furan rings is 2. The smallest absolute Gasteiger partial charge is 0.178 e. The molecule has 64 heavy (non-hydrogen) atoms. The van der Waals surface area contributed by atoms with E-state index in [9.17, 15) is 0 Å². The van der Waals surface area contributed by atoms with Gasteiger partial charge in [0.1, 0.15) is 11.2 Å². The first-order chi connectivity index (χ1) is 31.7. The Morgan fingerprint density at radius 1 is 0.234 bits per heavy atom. The highest BCUT2D eigenvalue weighted by Gasteiger charge is 2.19. The Balaban J connectivity index is 0.836. The maximum Gasteiger partial charge on any atom is 0.178 e. The molecule has 0 fully saturated rings. The van der Waals surface area contributed by atoms with Gasteiger partial charge in [0.15, 0.2) is 11.2 Å². The quantitative estimate of drug-likeness (QED) is 0.173. The van der Waals surface area contributed by atoms with Gasteiger partial charge in [0.2, 0.25) is 0 Å². The van der Waals surface area contributed by atoms with Gasteiger partial charge in [0.05, 0.1) is 22.1 Å². The number of hydrogen-bond donors (Lipinski definition) is 0. The Labute approximate surface area is 367 Å². The average molecular weight is 817 g/mol. The minimum absolute atomic E-state index is 0.772. The van der Waals surface area contributed by atoms with Crippen molar-refractivity contribution in [2.75, 3.05) is 0 Å². The predicted molar refractivity (Wildman–Crippen MR) is 266 cm³/mol. The van der Waals surface area contributed by atoms with Crippen LogP contribution in [0.1, 0.15) is 0 Å². The minimum Gasteiger partial charge on any atom is -0.452 e. The van der Waals surface area contributed by atoms with Crippen LogP contribution in [0.25, 0.3) is 132 Å². The Morgan fingerprint density at radius 3 is 1.08 bits per heavy atom. The molecule has 0 radical (unpaired) electrons. The Morgan fingerprint density at radius 2 is 0.609 bits per heavy atom. The van der Waals surface area contributed by atoms with E-state index in [-0.39, 0.29) is 0 Å². The molecule has 0 atom stereocenters. The molecule has 4 nitrogen and oxygen atoms in total. The Bertz CT molecular complexity index is 4180. The molecule has 4 heteroatoms. The molecule has 0 aliphatic rings. The van der Waals surface area contributed by atoms with Gasteiger partial charge in [0.25, 0.3) is 0 Å². The highest BCUT2D eigenvalue weighted by molar-refractivity contribution is 6.20. The first-order valence-corrected chi connectivity index (χ1v) is 21.8. The summed E-state index contributed by atoms with van der Waals surface area (Å²) in [6, 6.07) is 78.5. The molecule has 4 heterocycles. The molecular weight excluding hydrogens is 781 g/mol. The largest absolute Gasteiger partial charge is 0.452 e. The van der Waals surface area contributed by atoms with E-state index in [2.05, 4.69) is 228 Å². The number of para-hydroxylation sites is 4. The summed E-state index contributed by atoms with van der Waals surface area (Å²) in [4.78, 5) is 0. The van der Waals surface area contributed by atoms with E-state index in [0.717, 1.165) is 77.5 Å². The molecule has 0 aliphatic heterocycles. The molecule has 14 rings (SSSR count). The fourth-order valence-corrected chi connectivity index (χ4v) is 10.3. The molecule has 10 aromatic carbocycles. The van der Waals surface area contributed by atoms with Crippen molar-refractivity contribution in [3.63, 3.8) is 0 Å². The molecule has 0 N–H and O–H groups in total. The molecular formula is C60H36N2O2. The summed E-state index contributed by atoms with van der Waals surface area (Å²) in [6.07, 6.45) is 0. The SMILES string of the molecule is c1ccc(-n2c3ccccc3c3cc(-c4cccc(-c5ccc6oc7c(ccc8c9cc(-c%10ccc%11c(c%10)c%10ccccc%10n%11-c%10ccccc%10)ccc9oc87)c6c5)c4)ccc32)cc1. The first-order valence-electron chi connectivity index (χ1n) is 21.8. The van der Waals surface area contributed by atoms with Gasteiger partial charge in [-0.2, -0.15) is 0 Å². The highest BCUT2D eigenvalue weighted by Crippen LogP contribution is 2.43. The van der Waals surface area contributed by atoms with Crippen LogP contribution in [0.3, 0.4) is 0 Å². The maximum atomic E-state index is 6.63. The fraction of sp³-hybridized carbons (Fsp3) is 0. The molecule has 0 saturated heterocycles. The second-order valence-corrected chi connectivity index (χ2v) is 16.9. The molecule has 14 aromatic rings. The minimum atomic E-state index is 0.772. The zero-order valence-corrected chi connectivity index (χ0v) is 34.5. The third-order valence-corrected chi connectivity index (χ3v) is 13.3. The summed E-state index contributed by atoms with van der Waals surface area (Å²) in [5.41, 5.74) is 17.3. The Kier molecular flexibility index (Phi) is 7.36. The van der Waals surface area contributed by atoms with Crippen LogP contribution in [0.5, 0.6) is 0 Å². The molecule has 0 spiro atoms. The second kappa shape index (κ2) is 13.4. The van der Waals surface area contributed by atoms with Gasteiger partial charge in [-0.3, -0.25) is 0 Å². The highest BCUT2D eigenvalue weighted by atomic mass is 16.4. The third kappa shape index (κ3) is 5.17. The molecule has 4 aromatic heterocycles. The average Bonchev–Trinajstić information content (AvgIpc) is 4.11. The zero-order valence-electron chi connectivity index (χ0n) is 34.5. The van der Waals surface area contributed by atoms with Crippen molar-refractivity contribution in [3.8, 4) is 44.8 Å². The van der Waals surface area contributed by atoms with Gasteiger partial charge in [-0.15, -0.1) is 0 Å². The van der Waals surface area contributed by atoms with Crippen molar-refractivity contribution in [2.24, 2.45) is 0 Å². The van der Waals surface area contributed by atoms with E-state index >= 15 is 0 Å². The first kappa shape index (κ1) is 35.0. The van der Waals surface area contributed by atoms with E-state index in [1.807, 2.05) is 0 Å². The van der Waals surface area contributed by atoms with E-state index in [4.69, 9.17) is 8.83 Å². The topological polar surface area (TPSA) is 36.1 Å². The van der Waals surface area contributed by atoms with Crippen molar-refractivity contribution < 1.29 is 8.83 Å².